The van der Waals surface area contributed by atoms with Crippen molar-refractivity contribution < 1.29 is 22.3 Å². The second kappa shape index (κ2) is 9.19. The smallest absolute Gasteiger partial charge is 0.267 e. The molecule has 1 aliphatic heterocycles. The molecule has 4 rings (SSSR count). The Morgan fingerprint density at radius 1 is 1.22 bits per heavy atom. The van der Waals surface area contributed by atoms with Gasteiger partial charge in [0.1, 0.15) is 17.7 Å². The van der Waals surface area contributed by atoms with Crippen molar-refractivity contribution in [1.29, 1.82) is 0 Å². The fourth-order valence-electron chi connectivity index (χ4n) is 4.29. The highest BCUT2D eigenvalue weighted by atomic mass is 32.2. The third-order valence-electron chi connectivity index (χ3n) is 5.88. The van der Waals surface area contributed by atoms with Crippen LogP contribution < -0.4 is 9.46 Å². The SMILES string of the molecule is Cc1cccc(CN2CCC[C@@H](Oc3cc(F)c(C(=O)NS(C)(=O)=O)cc3C3CC3)C2)c1. The summed E-state index contributed by atoms with van der Waals surface area (Å²) in [4.78, 5) is 14.6. The van der Waals surface area contributed by atoms with Crippen molar-refractivity contribution in [2.75, 3.05) is 19.3 Å². The molecule has 2 fully saturated rings. The first kappa shape index (κ1) is 22.7. The molecule has 1 atom stereocenters. The highest BCUT2D eigenvalue weighted by Crippen LogP contribution is 2.45. The van der Waals surface area contributed by atoms with E-state index in [1.165, 1.54) is 23.3 Å². The quantitative estimate of drug-likeness (QED) is 0.681. The van der Waals surface area contributed by atoms with Crippen molar-refractivity contribution >= 4 is 15.9 Å². The lowest BCUT2D eigenvalue weighted by Gasteiger charge is -2.33. The molecule has 0 bridgehead atoms. The monoisotopic (exact) mass is 460 g/mol. The van der Waals surface area contributed by atoms with E-state index in [2.05, 4.69) is 36.1 Å². The predicted octanol–water partition coefficient (Wildman–Crippen LogP) is 3.74. The molecule has 1 amide bonds. The van der Waals surface area contributed by atoms with Gasteiger partial charge < -0.3 is 4.74 Å². The molecule has 2 aromatic carbocycles. The van der Waals surface area contributed by atoms with Gasteiger partial charge in [-0.1, -0.05) is 29.8 Å². The van der Waals surface area contributed by atoms with Gasteiger partial charge in [0.05, 0.1) is 11.8 Å². The number of benzene rings is 2. The summed E-state index contributed by atoms with van der Waals surface area (Å²) in [5, 5.41) is 0. The number of aryl methyl sites for hydroxylation is 1. The fraction of sp³-hybridized carbons (Fsp3) is 0.458. The third-order valence-corrected chi connectivity index (χ3v) is 6.44. The lowest BCUT2D eigenvalue weighted by atomic mass is 10.0. The number of rotatable bonds is 7. The van der Waals surface area contributed by atoms with Crippen molar-refractivity contribution in [2.24, 2.45) is 0 Å². The minimum absolute atomic E-state index is 0.0684. The summed E-state index contributed by atoms with van der Waals surface area (Å²) in [7, 11) is -3.78. The van der Waals surface area contributed by atoms with Gasteiger partial charge in [0.15, 0.2) is 0 Å². The van der Waals surface area contributed by atoms with Crippen molar-refractivity contribution in [3.8, 4) is 5.75 Å². The largest absolute Gasteiger partial charge is 0.489 e. The van der Waals surface area contributed by atoms with Gasteiger partial charge in [-0.3, -0.25) is 9.69 Å². The number of carbonyl (C=O) groups excluding carboxylic acids is 1. The Labute approximate surface area is 188 Å². The third kappa shape index (κ3) is 5.86. The van der Waals surface area contributed by atoms with Crippen LogP contribution in [0.15, 0.2) is 36.4 Å². The summed E-state index contributed by atoms with van der Waals surface area (Å²) in [6, 6.07) is 11.2. The summed E-state index contributed by atoms with van der Waals surface area (Å²) in [5.74, 6) is -1.07. The molecule has 172 valence electrons. The second-order valence-corrected chi connectivity index (χ2v) is 10.7. The van der Waals surface area contributed by atoms with Crippen LogP contribution in [0.3, 0.4) is 0 Å². The number of sulfonamides is 1. The Balaban J connectivity index is 1.49. The molecule has 0 spiro atoms. The van der Waals surface area contributed by atoms with E-state index >= 15 is 0 Å². The molecule has 1 aliphatic carbocycles. The average Bonchev–Trinajstić information content (AvgIpc) is 3.52. The van der Waals surface area contributed by atoms with E-state index in [-0.39, 0.29) is 17.6 Å². The topological polar surface area (TPSA) is 75.7 Å². The van der Waals surface area contributed by atoms with E-state index < -0.39 is 21.7 Å². The van der Waals surface area contributed by atoms with Crippen molar-refractivity contribution in [2.45, 2.75) is 51.2 Å². The zero-order chi connectivity index (χ0) is 22.9. The minimum atomic E-state index is -3.78. The van der Waals surface area contributed by atoms with Crippen molar-refractivity contribution in [3.05, 3.63) is 64.5 Å². The molecule has 2 aliphatic rings. The van der Waals surface area contributed by atoms with Crippen LogP contribution >= 0.6 is 0 Å². The lowest BCUT2D eigenvalue weighted by Crippen LogP contribution is -2.40. The van der Waals surface area contributed by atoms with Gasteiger partial charge in [-0.05, 0) is 62.3 Å². The molecule has 0 radical (unpaired) electrons. The van der Waals surface area contributed by atoms with Gasteiger partial charge in [-0.15, -0.1) is 0 Å². The Morgan fingerprint density at radius 3 is 2.69 bits per heavy atom. The molecule has 6 nitrogen and oxygen atoms in total. The molecule has 1 saturated heterocycles. The Hall–Kier alpha value is -2.45. The van der Waals surface area contributed by atoms with Gasteiger partial charge in [0.25, 0.3) is 5.91 Å². The molecule has 32 heavy (non-hydrogen) atoms. The van der Waals surface area contributed by atoms with Crippen LogP contribution in [0.5, 0.6) is 5.75 Å². The number of hydrogen-bond donors (Lipinski definition) is 1. The van der Waals surface area contributed by atoms with Crippen molar-refractivity contribution in [1.82, 2.24) is 9.62 Å². The van der Waals surface area contributed by atoms with E-state index in [4.69, 9.17) is 4.74 Å². The summed E-state index contributed by atoms with van der Waals surface area (Å²) in [6.45, 7) is 4.66. The molecule has 2 aromatic rings. The average molecular weight is 461 g/mol. The summed E-state index contributed by atoms with van der Waals surface area (Å²) in [5.41, 5.74) is 3.00. The predicted molar refractivity (Wildman–Crippen MR) is 121 cm³/mol. The van der Waals surface area contributed by atoms with Crippen LogP contribution in [0.1, 0.15) is 58.6 Å². The Kier molecular flexibility index (Phi) is 6.53. The van der Waals surface area contributed by atoms with Gasteiger partial charge in [0, 0.05) is 19.2 Å². The molecular weight excluding hydrogens is 431 g/mol. The van der Waals surface area contributed by atoms with Crippen LogP contribution in [-0.2, 0) is 16.6 Å². The molecule has 8 heteroatoms. The Morgan fingerprint density at radius 2 is 2.00 bits per heavy atom. The van der Waals surface area contributed by atoms with E-state index in [1.807, 2.05) is 4.72 Å². The standard InChI is InChI=1S/C24H29FN2O4S/c1-16-5-3-6-17(11-16)14-27-10-4-7-19(15-27)31-23-13-22(25)21(12-20(23)18-8-9-18)24(28)26-32(2,29)30/h3,5-6,11-13,18-19H,4,7-10,14-15H2,1-2H3,(H,26,28)/t19-/m1/s1. The molecule has 0 unspecified atom stereocenters. The van der Waals surface area contributed by atoms with E-state index in [1.54, 1.807) is 0 Å². The number of piperidine rings is 1. The first-order valence-corrected chi connectivity index (χ1v) is 12.9. The second-order valence-electron chi connectivity index (χ2n) is 8.95. The van der Waals surface area contributed by atoms with Crippen LogP contribution in [0.4, 0.5) is 4.39 Å². The number of nitrogens with one attached hydrogen (secondary N) is 1. The number of hydrogen-bond acceptors (Lipinski definition) is 5. The molecule has 0 aromatic heterocycles. The number of amides is 1. The Bertz CT molecular complexity index is 1110. The van der Waals surface area contributed by atoms with Crippen LogP contribution in [-0.4, -0.2) is 44.7 Å². The number of ether oxygens (including phenoxy) is 1. The number of halogens is 1. The minimum Gasteiger partial charge on any atom is -0.489 e. The van der Waals surface area contributed by atoms with Crippen molar-refractivity contribution in [3.63, 3.8) is 0 Å². The highest BCUT2D eigenvalue weighted by Gasteiger charge is 2.31. The zero-order valence-electron chi connectivity index (χ0n) is 18.4. The van der Waals surface area contributed by atoms with Gasteiger partial charge >= 0.3 is 0 Å². The zero-order valence-corrected chi connectivity index (χ0v) is 19.3. The normalized spacial score (nSPS) is 19.5. The summed E-state index contributed by atoms with van der Waals surface area (Å²) >= 11 is 0. The van der Waals surface area contributed by atoms with Gasteiger partial charge in [-0.25, -0.2) is 17.5 Å². The highest BCUT2D eigenvalue weighted by molar-refractivity contribution is 7.89. The molecule has 1 heterocycles. The number of carbonyl (C=O) groups is 1. The van der Waals surface area contributed by atoms with Crippen LogP contribution in [0, 0.1) is 12.7 Å². The van der Waals surface area contributed by atoms with E-state index in [0.717, 1.165) is 57.1 Å². The van der Waals surface area contributed by atoms with Gasteiger partial charge in [-0.2, -0.15) is 0 Å². The van der Waals surface area contributed by atoms with Crippen LogP contribution in [0.2, 0.25) is 0 Å². The first-order valence-electron chi connectivity index (χ1n) is 11.0. The van der Waals surface area contributed by atoms with E-state index in [9.17, 15) is 17.6 Å². The lowest BCUT2D eigenvalue weighted by molar-refractivity contribution is 0.0832. The number of likely N-dealkylation sites (tertiary alicyclic amines) is 1. The summed E-state index contributed by atoms with van der Waals surface area (Å²) < 4.78 is 45.6. The maximum absolute atomic E-state index is 14.7. The summed E-state index contributed by atoms with van der Waals surface area (Å²) in [6.07, 6.45) is 4.56. The van der Waals surface area contributed by atoms with Gasteiger partial charge in [0.2, 0.25) is 10.0 Å². The fourth-order valence-corrected chi connectivity index (χ4v) is 4.73. The maximum atomic E-state index is 14.7. The maximum Gasteiger partial charge on any atom is 0.267 e. The molecule has 1 saturated carbocycles. The molecular formula is C24H29FN2O4S. The molecule has 1 N–H and O–H groups in total. The first-order chi connectivity index (χ1) is 15.2. The number of nitrogens with zero attached hydrogens (tertiary/aromatic N) is 1. The van der Waals surface area contributed by atoms with Crippen LogP contribution in [0.25, 0.3) is 0 Å². The van der Waals surface area contributed by atoms with E-state index in [0.29, 0.717) is 5.75 Å².